The third-order valence-corrected chi connectivity index (χ3v) is 2.54. The number of nitrogens with two attached hydrogens (primary N) is 1. The number of furan rings is 1. The highest BCUT2D eigenvalue weighted by Gasteiger charge is 2.10. The lowest BCUT2D eigenvalue weighted by atomic mass is 10.1. The highest BCUT2D eigenvalue weighted by atomic mass is 19.1. The van der Waals surface area contributed by atoms with E-state index in [9.17, 15) is 4.39 Å². The van der Waals surface area contributed by atoms with Crippen molar-refractivity contribution in [2.24, 2.45) is 5.73 Å². The largest absolute Gasteiger partial charge is 0.459 e. The number of benzene rings is 1. The summed E-state index contributed by atoms with van der Waals surface area (Å²) in [6.07, 6.45) is 0. The third-order valence-electron chi connectivity index (χ3n) is 2.54. The van der Waals surface area contributed by atoms with E-state index in [0.29, 0.717) is 11.5 Å². The molecule has 84 valence electrons. The fraction of sp³-hybridized carbons (Fsp3) is 0.231. The molecule has 2 nitrogen and oxygen atoms in total. The molecule has 2 N–H and O–H groups in total. The number of hydrogen-bond acceptors (Lipinski definition) is 2. The van der Waals surface area contributed by atoms with Crippen LogP contribution in [0.25, 0.3) is 11.3 Å². The van der Waals surface area contributed by atoms with Crippen molar-refractivity contribution in [1.82, 2.24) is 0 Å². The lowest BCUT2D eigenvalue weighted by Crippen LogP contribution is -2.02. The highest BCUT2D eigenvalue weighted by molar-refractivity contribution is 5.62. The van der Waals surface area contributed by atoms with E-state index in [2.05, 4.69) is 0 Å². The first-order valence-corrected chi connectivity index (χ1v) is 5.20. The molecule has 0 aliphatic heterocycles. The highest BCUT2D eigenvalue weighted by Crippen LogP contribution is 2.27. The summed E-state index contributed by atoms with van der Waals surface area (Å²) >= 11 is 0. The van der Waals surface area contributed by atoms with E-state index in [-0.39, 0.29) is 11.9 Å². The lowest BCUT2D eigenvalue weighted by Gasteiger charge is -2.03. The Morgan fingerprint density at radius 1 is 1.25 bits per heavy atom. The van der Waals surface area contributed by atoms with Gasteiger partial charge in [0.2, 0.25) is 0 Å². The maximum Gasteiger partial charge on any atom is 0.134 e. The monoisotopic (exact) mass is 219 g/mol. The number of aryl methyl sites for hydroxylation is 1. The molecule has 2 aromatic rings. The van der Waals surface area contributed by atoms with Crippen molar-refractivity contribution in [1.29, 1.82) is 0 Å². The molecule has 0 aliphatic rings. The fourth-order valence-electron chi connectivity index (χ4n) is 1.60. The van der Waals surface area contributed by atoms with Crippen LogP contribution >= 0.6 is 0 Å². The van der Waals surface area contributed by atoms with Gasteiger partial charge in [-0.1, -0.05) is 6.07 Å². The molecule has 1 unspecified atom stereocenters. The van der Waals surface area contributed by atoms with Gasteiger partial charge in [0.25, 0.3) is 0 Å². The first-order chi connectivity index (χ1) is 7.58. The van der Waals surface area contributed by atoms with Gasteiger partial charge < -0.3 is 10.2 Å². The van der Waals surface area contributed by atoms with Crippen molar-refractivity contribution in [2.45, 2.75) is 19.9 Å². The van der Waals surface area contributed by atoms with Crippen molar-refractivity contribution in [3.05, 3.63) is 47.5 Å². The Balaban J connectivity index is 2.46. The molecule has 16 heavy (non-hydrogen) atoms. The molecule has 2 rings (SSSR count). The zero-order valence-electron chi connectivity index (χ0n) is 9.33. The molecule has 1 atom stereocenters. The van der Waals surface area contributed by atoms with Gasteiger partial charge in [-0.2, -0.15) is 0 Å². The van der Waals surface area contributed by atoms with Gasteiger partial charge in [-0.3, -0.25) is 0 Å². The van der Waals surface area contributed by atoms with Crippen molar-refractivity contribution >= 4 is 0 Å². The first kappa shape index (κ1) is 10.9. The van der Waals surface area contributed by atoms with Crippen LogP contribution in [0.2, 0.25) is 0 Å². The van der Waals surface area contributed by atoms with Crippen LogP contribution in [0.15, 0.2) is 34.7 Å². The van der Waals surface area contributed by atoms with Crippen LogP contribution in [0, 0.1) is 12.7 Å². The molecule has 1 aromatic heterocycles. The van der Waals surface area contributed by atoms with E-state index in [1.165, 1.54) is 12.1 Å². The van der Waals surface area contributed by atoms with Crippen LogP contribution in [0.3, 0.4) is 0 Å². The lowest BCUT2D eigenvalue weighted by molar-refractivity contribution is 0.490. The van der Waals surface area contributed by atoms with Gasteiger partial charge in [0.15, 0.2) is 0 Å². The molecule has 0 aliphatic carbocycles. The Kier molecular flexibility index (Phi) is 2.79. The SMILES string of the molecule is Cc1ccc(F)cc1-c1ccc(C(C)N)o1. The Morgan fingerprint density at radius 3 is 2.62 bits per heavy atom. The summed E-state index contributed by atoms with van der Waals surface area (Å²) < 4.78 is 18.7. The summed E-state index contributed by atoms with van der Waals surface area (Å²) in [6, 6.07) is 8.14. The summed E-state index contributed by atoms with van der Waals surface area (Å²) in [5, 5.41) is 0. The number of hydrogen-bond donors (Lipinski definition) is 1. The van der Waals surface area contributed by atoms with Gasteiger partial charge in [-0.05, 0) is 43.7 Å². The average molecular weight is 219 g/mol. The van der Waals surface area contributed by atoms with Gasteiger partial charge in [0.05, 0.1) is 6.04 Å². The molecule has 0 fully saturated rings. The molecule has 0 radical (unpaired) electrons. The molecule has 0 spiro atoms. The minimum atomic E-state index is -0.264. The maximum atomic E-state index is 13.1. The molecule has 0 bridgehead atoms. The van der Waals surface area contributed by atoms with E-state index >= 15 is 0 Å². The Bertz CT molecular complexity index is 502. The summed E-state index contributed by atoms with van der Waals surface area (Å²) in [5.74, 6) is 1.10. The summed E-state index contributed by atoms with van der Waals surface area (Å²) in [5.41, 5.74) is 7.45. The second kappa shape index (κ2) is 4.10. The first-order valence-electron chi connectivity index (χ1n) is 5.20. The van der Waals surface area contributed by atoms with Crippen LogP contribution in [0.5, 0.6) is 0 Å². The standard InChI is InChI=1S/C13H14FNO/c1-8-3-4-10(14)7-11(8)13-6-5-12(16-13)9(2)15/h3-7,9H,15H2,1-2H3. The van der Waals surface area contributed by atoms with Crippen LogP contribution in [0.4, 0.5) is 4.39 Å². The molecule has 3 heteroatoms. The van der Waals surface area contributed by atoms with Gasteiger partial charge >= 0.3 is 0 Å². The Morgan fingerprint density at radius 2 is 2.00 bits per heavy atom. The van der Waals surface area contributed by atoms with Gasteiger partial charge in [0.1, 0.15) is 17.3 Å². The molecular weight excluding hydrogens is 205 g/mol. The van der Waals surface area contributed by atoms with E-state index in [4.69, 9.17) is 10.2 Å². The summed E-state index contributed by atoms with van der Waals surface area (Å²) in [6.45, 7) is 3.77. The second-order valence-electron chi connectivity index (χ2n) is 3.95. The quantitative estimate of drug-likeness (QED) is 0.840. The van der Waals surface area contributed by atoms with E-state index in [0.717, 1.165) is 11.1 Å². The predicted octanol–water partition coefficient (Wildman–Crippen LogP) is 3.41. The van der Waals surface area contributed by atoms with Gasteiger partial charge in [0, 0.05) is 5.56 Å². The normalized spacial score (nSPS) is 12.8. The van der Waals surface area contributed by atoms with Gasteiger partial charge in [-0.25, -0.2) is 4.39 Å². The molecule has 0 saturated heterocycles. The van der Waals surface area contributed by atoms with Crippen LogP contribution < -0.4 is 5.73 Å². The van der Waals surface area contributed by atoms with Crippen LogP contribution in [-0.4, -0.2) is 0 Å². The van der Waals surface area contributed by atoms with Crippen LogP contribution in [-0.2, 0) is 0 Å². The Hall–Kier alpha value is -1.61. The maximum absolute atomic E-state index is 13.1. The van der Waals surface area contributed by atoms with E-state index < -0.39 is 0 Å². The number of rotatable bonds is 2. The van der Waals surface area contributed by atoms with Crippen molar-refractivity contribution < 1.29 is 8.81 Å². The molecular formula is C13H14FNO. The van der Waals surface area contributed by atoms with Crippen molar-refractivity contribution in [3.8, 4) is 11.3 Å². The Labute approximate surface area is 93.9 Å². The molecule has 0 amide bonds. The second-order valence-corrected chi connectivity index (χ2v) is 3.95. The predicted molar refractivity (Wildman–Crippen MR) is 61.4 cm³/mol. The molecule has 1 aromatic carbocycles. The van der Waals surface area contributed by atoms with E-state index in [1.807, 2.05) is 26.0 Å². The van der Waals surface area contributed by atoms with E-state index in [1.54, 1.807) is 6.07 Å². The van der Waals surface area contributed by atoms with Crippen molar-refractivity contribution in [3.63, 3.8) is 0 Å². The van der Waals surface area contributed by atoms with Crippen molar-refractivity contribution in [2.75, 3.05) is 0 Å². The van der Waals surface area contributed by atoms with Crippen LogP contribution in [0.1, 0.15) is 24.3 Å². The minimum Gasteiger partial charge on any atom is -0.459 e. The summed E-state index contributed by atoms with van der Waals surface area (Å²) in [4.78, 5) is 0. The van der Waals surface area contributed by atoms with Gasteiger partial charge in [-0.15, -0.1) is 0 Å². The summed E-state index contributed by atoms with van der Waals surface area (Å²) in [7, 11) is 0. The topological polar surface area (TPSA) is 39.2 Å². The minimum absolute atomic E-state index is 0.150. The smallest absolute Gasteiger partial charge is 0.134 e. The third kappa shape index (κ3) is 1.99. The molecule has 0 saturated carbocycles. The number of halogens is 1. The fourth-order valence-corrected chi connectivity index (χ4v) is 1.60. The zero-order valence-corrected chi connectivity index (χ0v) is 9.33. The zero-order chi connectivity index (χ0) is 11.7. The molecule has 1 heterocycles. The average Bonchev–Trinajstić information content (AvgIpc) is 2.70.